The largest absolute Gasteiger partial charge is 0.480 e. The number of hydrogen-bond acceptors (Lipinski definition) is 3. The molecule has 17 heavy (non-hydrogen) atoms. The van der Waals surface area contributed by atoms with Crippen molar-refractivity contribution in [2.75, 3.05) is 7.05 Å². The van der Waals surface area contributed by atoms with Crippen molar-refractivity contribution in [3.8, 4) is 0 Å². The molecule has 3 N–H and O–H groups in total. The summed E-state index contributed by atoms with van der Waals surface area (Å²) in [5.41, 5.74) is 0.446. The van der Waals surface area contributed by atoms with E-state index in [1.54, 1.807) is 44.3 Å². The van der Waals surface area contributed by atoms with E-state index in [0.29, 0.717) is 5.56 Å². The highest BCUT2D eigenvalue weighted by atomic mass is 16.4. The Kier molecular flexibility index (Phi) is 4.66. The predicted molar refractivity (Wildman–Crippen MR) is 63.9 cm³/mol. The number of benzene rings is 1. The van der Waals surface area contributed by atoms with Crippen LogP contribution >= 0.6 is 0 Å². The Morgan fingerprint density at radius 3 is 2.29 bits per heavy atom. The molecule has 0 spiro atoms. The maximum absolute atomic E-state index is 11.8. The fraction of sp³-hybridized carbons (Fsp3) is 0.333. The molecule has 0 aromatic heterocycles. The Labute approximate surface area is 99.8 Å². The molecule has 0 saturated carbocycles. The van der Waals surface area contributed by atoms with Crippen LogP contribution in [0.15, 0.2) is 30.3 Å². The maximum Gasteiger partial charge on any atom is 0.327 e. The first-order valence-electron chi connectivity index (χ1n) is 5.32. The topological polar surface area (TPSA) is 78.4 Å². The first-order valence-corrected chi connectivity index (χ1v) is 5.32. The quantitative estimate of drug-likeness (QED) is 0.694. The van der Waals surface area contributed by atoms with Crippen LogP contribution in [0.4, 0.5) is 0 Å². The minimum Gasteiger partial charge on any atom is -0.480 e. The van der Waals surface area contributed by atoms with Gasteiger partial charge in [-0.15, -0.1) is 0 Å². The van der Waals surface area contributed by atoms with Crippen LogP contribution in [0.5, 0.6) is 0 Å². The molecule has 1 aromatic carbocycles. The van der Waals surface area contributed by atoms with Crippen LogP contribution in [0.1, 0.15) is 17.3 Å². The summed E-state index contributed by atoms with van der Waals surface area (Å²) in [7, 11) is 1.65. The second kappa shape index (κ2) is 6.00. The Bertz CT molecular complexity index is 392. The van der Waals surface area contributed by atoms with E-state index in [1.165, 1.54) is 0 Å². The summed E-state index contributed by atoms with van der Waals surface area (Å²) in [6.07, 6.45) is 0. The zero-order valence-electron chi connectivity index (χ0n) is 9.81. The smallest absolute Gasteiger partial charge is 0.327 e. The number of likely N-dealkylation sites (N-methyl/N-ethyl adjacent to an activating group) is 1. The Morgan fingerprint density at radius 1 is 1.24 bits per heavy atom. The number of hydrogen-bond donors (Lipinski definition) is 3. The predicted octanol–water partition coefficient (Wildman–Crippen LogP) is 0.477. The third-order valence-corrected chi connectivity index (χ3v) is 2.54. The summed E-state index contributed by atoms with van der Waals surface area (Å²) < 4.78 is 0. The van der Waals surface area contributed by atoms with Gasteiger partial charge in [-0.2, -0.15) is 0 Å². The van der Waals surface area contributed by atoms with E-state index in [9.17, 15) is 9.59 Å². The zero-order chi connectivity index (χ0) is 12.8. The Morgan fingerprint density at radius 2 is 1.82 bits per heavy atom. The molecule has 0 radical (unpaired) electrons. The van der Waals surface area contributed by atoms with E-state index in [0.717, 1.165) is 0 Å². The number of carboxylic acids is 1. The van der Waals surface area contributed by atoms with Gasteiger partial charge in [-0.25, -0.2) is 4.79 Å². The average Bonchev–Trinajstić information content (AvgIpc) is 2.35. The molecule has 0 heterocycles. The molecule has 0 aliphatic rings. The summed E-state index contributed by atoms with van der Waals surface area (Å²) >= 11 is 0. The molecular weight excluding hydrogens is 220 g/mol. The highest BCUT2D eigenvalue weighted by Crippen LogP contribution is 2.01. The molecule has 1 amide bonds. The van der Waals surface area contributed by atoms with Gasteiger partial charge >= 0.3 is 5.97 Å². The van der Waals surface area contributed by atoms with Gasteiger partial charge in [0.05, 0.1) is 0 Å². The lowest BCUT2D eigenvalue weighted by atomic mass is 10.1. The number of rotatable bonds is 5. The standard InChI is InChI=1S/C12H16N2O3/c1-8(13-2)10(12(16)17)14-11(15)9-6-4-3-5-7-9/h3-8,10,13H,1-2H3,(H,14,15)(H,16,17)/t8-,10-/m0/s1. The van der Waals surface area contributed by atoms with Crippen molar-refractivity contribution in [2.45, 2.75) is 19.0 Å². The van der Waals surface area contributed by atoms with Crippen LogP contribution in [-0.2, 0) is 4.79 Å². The fourth-order valence-electron chi connectivity index (χ4n) is 1.38. The van der Waals surface area contributed by atoms with Gasteiger partial charge in [0.15, 0.2) is 0 Å². The maximum atomic E-state index is 11.8. The number of carbonyl (C=O) groups excluding carboxylic acids is 1. The van der Waals surface area contributed by atoms with E-state index >= 15 is 0 Å². The minimum absolute atomic E-state index is 0.347. The third-order valence-electron chi connectivity index (χ3n) is 2.54. The summed E-state index contributed by atoms with van der Waals surface area (Å²) in [5.74, 6) is -1.45. The molecule has 0 fully saturated rings. The molecule has 0 bridgehead atoms. The van der Waals surface area contributed by atoms with Crippen LogP contribution in [0.2, 0.25) is 0 Å². The number of carbonyl (C=O) groups is 2. The van der Waals surface area contributed by atoms with E-state index < -0.39 is 12.0 Å². The monoisotopic (exact) mass is 236 g/mol. The molecule has 5 nitrogen and oxygen atoms in total. The highest BCUT2D eigenvalue weighted by Gasteiger charge is 2.25. The summed E-state index contributed by atoms with van der Waals surface area (Å²) in [6, 6.07) is 7.23. The van der Waals surface area contributed by atoms with Gasteiger partial charge in [-0.1, -0.05) is 18.2 Å². The molecule has 1 aromatic rings. The zero-order valence-corrected chi connectivity index (χ0v) is 9.81. The molecule has 1 rings (SSSR count). The van der Waals surface area contributed by atoms with Crippen LogP contribution in [0, 0.1) is 0 Å². The Balaban J connectivity index is 2.75. The van der Waals surface area contributed by atoms with Gasteiger partial charge in [-0.3, -0.25) is 4.79 Å². The average molecular weight is 236 g/mol. The Hall–Kier alpha value is -1.88. The number of nitrogens with one attached hydrogen (secondary N) is 2. The number of aliphatic carboxylic acids is 1. The van der Waals surface area contributed by atoms with Crippen LogP contribution in [-0.4, -0.2) is 36.1 Å². The fourth-order valence-corrected chi connectivity index (χ4v) is 1.38. The molecule has 2 atom stereocenters. The van der Waals surface area contributed by atoms with Crippen molar-refractivity contribution in [3.05, 3.63) is 35.9 Å². The van der Waals surface area contributed by atoms with Crippen molar-refractivity contribution in [1.82, 2.24) is 10.6 Å². The summed E-state index contributed by atoms with van der Waals surface area (Å²) in [5, 5.41) is 14.3. The lowest BCUT2D eigenvalue weighted by Gasteiger charge is -2.20. The summed E-state index contributed by atoms with van der Waals surface area (Å²) in [6.45, 7) is 1.70. The van der Waals surface area contributed by atoms with Crippen molar-refractivity contribution < 1.29 is 14.7 Å². The minimum atomic E-state index is -1.06. The van der Waals surface area contributed by atoms with Crippen molar-refractivity contribution in [1.29, 1.82) is 0 Å². The SMILES string of the molecule is CN[C@@H](C)[C@H](NC(=O)c1ccccc1)C(=O)O. The van der Waals surface area contributed by atoms with Gasteiger partial charge in [0.2, 0.25) is 0 Å². The number of amides is 1. The molecule has 0 unspecified atom stereocenters. The first-order chi connectivity index (χ1) is 8.06. The van der Waals surface area contributed by atoms with Gasteiger partial charge in [0.1, 0.15) is 6.04 Å². The van der Waals surface area contributed by atoms with Crippen LogP contribution in [0.25, 0.3) is 0 Å². The second-order valence-corrected chi connectivity index (χ2v) is 3.73. The van der Waals surface area contributed by atoms with Crippen LogP contribution in [0.3, 0.4) is 0 Å². The molecule has 0 saturated heterocycles. The van der Waals surface area contributed by atoms with Gasteiger partial charge in [-0.05, 0) is 26.1 Å². The second-order valence-electron chi connectivity index (χ2n) is 3.73. The van der Waals surface area contributed by atoms with E-state index in [-0.39, 0.29) is 11.9 Å². The lowest BCUT2D eigenvalue weighted by molar-refractivity contribution is -0.139. The molecular formula is C12H16N2O3. The van der Waals surface area contributed by atoms with Crippen molar-refractivity contribution in [2.24, 2.45) is 0 Å². The molecule has 0 aliphatic carbocycles. The van der Waals surface area contributed by atoms with Gasteiger partial charge < -0.3 is 15.7 Å². The summed E-state index contributed by atoms with van der Waals surface area (Å²) in [4.78, 5) is 22.8. The number of carboxylic acid groups (broad SMARTS) is 1. The molecule has 92 valence electrons. The molecule has 0 aliphatic heterocycles. The van der Waals surface area contributed by atoms with Gasteiger partial charge in [0.25, 0.3) is 5.91 Å². The van der Waals surface area contributed by atoms with E-state index in [2.05, 4.69) is 10.6 Å². The van der Waals surface area contributed by atoms with Crippen molar-refractivity contribution in [3.63, 3.8) is 0 Å². The normalized spacial score (nSPS) is 13.8. The highest BCUT2D eigenvalue weighted by molar-refractivity contribution is 5.96. The van der Waals surface area contributed by atoms with Gasteiger partial charge in [0, 0.05) is 11.6 Å². The lowest BCUT2D eigenvalue weighted by Crippen LogP contribution is -2.52. The van der Waals surface area contributed by atoms with E-state index in [1.807, 2.05) is 0 Å². The van der Waals surface area contributed by atoms with Crippen molar-refractivity contribution >= 4 is 11.9 Å². The first kappa shape index (κ1) is 13.2. The third kappa shape index (κ3) is 3.57. The molecule has 5 heteroatoms. The van der Waals surface area contributed by atoms with E-state index in [4.69, 9.17) is 5.11 Å². The van der Waals surface area contributed by atoms with Crippen LogP contribution < -0.4 is 10.6 Å².